The first-order valence-electron chi connectivity index (χ1n) is 7.83. The minimum Gasteiger partial charge on any atom is -0.338 e. The summed E-state index contributed by atoms with van der Waals surface area (Å²) in [7, 11) is -1.98. The molecular weight excluding hydrogens is 379 g/mol. The fourth-order valence-corrected chi connectivity index (χ4v) is 3.01. The van der Waals surface area contributed by atoms with Gasteiger partial charge in [0.25, 0.3) is 0 Å². The van der Waals surface area contributed by atoms with Crippen LogP contribution in [0.15, 0.2) is 54.7 Å². The number of rotatable bonds is 4. The quantitative estimate of drug-likeness (QED) is 0.721. The van der Waals surface area contributed by atoms with E-state index in [0.29, 0.717) is 28.3 Å². The van der Waals surface area contributed by atoms with E-state index in [1.54, 1.807) is 30.3 Å². The first kappa shape index (κ1) is 19.0. The van der Waals surface area contributed by atoms with E-state index < -0.39 is 21.8 Å². The van der Waals surface area contributed by atoms with Gasteiger partial charge < -0.3 is 4.98 Å². The van der Waals surface area contributed by atoms with Gasteiger partial charge >= 0.3 is 6.18 Å². The van der Waals surface area contributed by atoms with Gasteiger partial charge in [-0.1, -0.05) is 24.3 Å². The van der Waals surface area contributed by atoms with Gasteiger partial charge in [0, 0.05) is 18.2 Å². The van der Waals surface area contributed by atoms with E-state index >= 15 is 0 Å². The first-order chi connectivity index (χ1) is 12.6. The number of aromatic amines is 1. The number of anilines is 1. The molecule has 3 aromatic rings. The minimum absolute atomic E-state index is 0.355. The van der Waals surface area contributed by atoms with Crippen LogP contribution in [-0.4, -0.2) is 31.7 Å². The highest BCUT2D eigenvalue weighted by molar-refractivity contribution is 7.92. The van der Waals surface area contributed by atoms with Crippen molar-refractivity contribution in [2.24, 2.45) is 0 Å². The van der Waals surface area contributed by atoms with Gasteiger partial charge in [-0.2, -0.15) is 13.2 Å². The highest BCUT2D eigenvalue weighted by atomic mass is 32.2. The van der Waals surface area contributed by atoms with Crippen LogP contribution in [0.2, 0.25) is 0 Å². The zero-order valence-electron chi connectivity index (χ0n) is 14.4. The van der Waals surface area contributed by atoms with Gasteiger partial charge in [-0.15, -0.1) is 0 Å². The minimum atomic E-state index is -4.43. The zero-order chi connectivity index (χ0) is 19.8. The molecule has 9 heteroatoms. The molecule has 1 heterocycles. The van der Waals surface area contributed by atoms with Crippen LogP contribution >= 0.6 is 0 Å². The molecule has 0 aliphatic rings. The van der Waals surface area contributed by atoms with Gasteiger partial charge in [-0.05, 0) is 24.3 Å². The normalized spacial score (nSPS) is 12.2. The van der Waals surface area contributed by atoms with Crippen molar-refractivity contribution in [1.82, 2.24) is 9.97 Å². The molecule has 1 aromatic heterocycles. The average molecular weight is 395 g/mol. The van der Waals surface area contributed by atoms with Crippen molar-refractivity contribution in [2.75, 3.05) is 17.6 Å². The number of alkyl halides is 3. The molecular formula is C18H16F3N3O2S. The zero-order valence-corrected chi connectivity index (χ0v) is 15.3. The third kappa shape index (κ3) is 4.13. The fraction of sp³-hybridized carbons (Fsp3) is 0.167. The molecule has 27 heavy (non-hydrogen) atoms. The van der Waals surface area contributed by atoms with Gasteiger partial charge in [-0.25, -0.2) is 13.4 Å². The molecule has 0 aliphatic heterocycles. The Morgan fingerprint density at radius 2 is 1.70 bits per heavy atom. The summed E-state index contributed by atoms with van der Waals surface area (Å²) >= 11 is 0. The predicted octanol–water partition coefficient (Wildman–Crippen LogP) is 4.16. The molecule has 0 aliphatic carbocycles. The Labute approximate surface area is 154 Å². The Kier molecular flexibility index (Phi) is 4.73. The van der Waals surface area contributed by atoms with Crippen molar-refractivity contribution in [3.63, 3.8) is 0 Å². The maximum absolute atomic E-state index is 12.9. The molecule has 0 fully saturated rings. The number of H-pyrrole nitrogens is 1. The molecule has 3 rings (SSSR count). The van der Waals surface area contributed by atoms with Crippen LogP contribution in [0.3, 0.4) is 0 Å². The number of sulfonamides is 1. The van der Waals surface area contributed by atoms with Crippen molar-refractivity contribution in [3.05, 3.63) is 60.3 Å². The van der Waals surface area contributed by atoms with E-state index in [1.807, 2.05) is 0 Å². The van der Waals surface area contributed by atoms with Crippen molar-refractivity contribution in [2.45, 2.75) is 6.18 Å². The average Bonchev–Trinajstić information content (AvgIpc) is 3.10. The highest BCUT2D eigenvalue weighted by Gasteiger charge is 2.30. The summed E-state index contributed by atoms with van der Waals surface area (Å²) < 4.78 is 63.2. The summed E-state index contributed by atoms with van der Waals surface area (Å²) in [6.45, 7) is 0. The third-order valence-electron chi connectivity index (χ3n) is 4.06. The Hall–Kier alpha value is -2.81. The Bertz CT molecular complexity index is 1080. The number of aromatic nitrogens is 2. The van der Waals surface area contributed by atoms with E-state index in [2.05, 4.69) is 9.97 Å². The smallest absolute Gasteiger partial charge is 0.338 e. The maximum Gasteiger partial charge on any atom is 0.416 e. The van der Waals surface area contributed by atoms with Crippen molar-refractivity contribution >= 4 is 15.7 Å². The molecule has 1 N–H and O–H groups in total. The second-order valence-corrected chi connectivity index (χ2v) is 8.02. The van der Waals surface area contributed by atoms with Gasteiger partial charge in [0.1, 0.15) is 5.82 Å². The summed E-state index contributed by atoms with van der Waals surface area (Å²) in [6, 6.07) is 11.6. The van der Waals surface area contributed by atoms with Crippen LogP contribution in [-0.2, 0) is 16.2 Å². The summed E-state index contributed by atoms with van der Waals surface area (Å²) in [4.78, 5) is 7.20. The number of imidazole rings is 1. The van der Waals surface area contributed by atoms with Crippen LogP contribution in [0.4, 0.5) is 18.9 Å². The number of nitrogens with one attached hydrogen (secondary N) is 1. The molecule has 0 spiro atoms. The van der Waals surface area contributed by atoms with Gasteiger partial charge in [0.2, 0.25) is 10.0 Å². The Balaban J connectivity index is 1.95. The van der Waals surface area contributed by atoms with Gasteiger partial charge in [0.05, 0.1) is 29.4 Å². The maximum atomic E-state index is 12.9. The van der Waals surface area contributed by atoms with Crippen molar-refractivity contribution in [1.29, 1.82) is 0 Å². The lowest BCUT2D eigenvalue weighted by Crippen LogP contribution is -2.24. The monoisotopic (exact) mass is 395 g/mol. The van der Waals surface area contributed by atoms with E-state index in [4.69, 9.17) is 0 Å². The lowest BCUT2D eigenvalue weighted by molar-refractivity contribution is -0.137. The number of nitrogens with zero attached hydrogens (tertiary/aromatic N) is 2. The highest BCUT2D eigenvalue weighted by Crippen LogP contribution is 2.32. The summed E-state index contributed by atoms with van der Waals surface area (Å²) in [5, 5.41) is 0. The van der Waals surface area contributed by atoms with Crippen LogP contribution in [0, 0.1) is 0 Å². The molecule has 5 nitrogen and oxygen atoms in total. The molecule has 0 unspecified atom stereocenters. The number of halogens is 3. The molecule has 0 atom stereocenters. The summed E-state index contributed by atoms with van der Waals surface area (Å²) in [5.74, 6) is 0.422. The molecule has 0 saturated carbocycles. The molecule has 0 bridgehead atoms. The summed E-state index contributed by atoms with van der Waals surface area (Å²) in [5.41, 5.74) is 1.10. The topological polar surface area (TPSA) is 66.1 Å². The molecule has 2 aromatic carbocycles. The lowest BCUT2D eigenvalue weighted by Gasteiger charge is -2.17. The van der Waals surface area contributed by atoms with E-state index in [0.717, 1.165) is 22.7 Å². The van der Waals surface area contributed by atoms with E-state index in [9.17, 15) is 21.6 Å². The number of benzene rings is 2. The van der Waals surface area contributed by atoms with E-state index in [1.165, 1.54) is 19.3 Å². The molecule has 142 valence electrons. The molecule has 0 saturated heterocycles. The van der Waals surface area contributed by atoms with Crippen LogP contribution < -0.4 is 4.31 Å². The van der Waals surface area contributed by atoms with Crippen LogP contribution in [0.5, 0.6) is 0 Å². The van der Waals surface area contributed by atoms with Crippen molar-refractivity contribution < 1.29 is 21.6 Å². The predicted molar refractivity (Wildman–Crippen MR) is 97.7 cm³/mol. The van der Waals surface area contributed by atoms with Crippen LogP contribution in [0.1, 0.15) is 5.56 Å². The number of hydrogen-bond donors (Lipinski definition) is 1. The third-order valence-corrected chi connectivity index (χ3v) is 5.26. The van der Waals surface area contributed by atoms with E-state index in [-0.39, 0.29) is 0 Å². The largest absolute Gasteiger partial charge is 0.416 e. The molecule has 0 amide bonds. The Morgan fingerprint density at radius 1 is 1.04 bits per heavy atom. The fourth-order valence-electron chi connectivity index (χ4n) is 2.52. The second-order valence-electron chi connectivity index (χ2n) is 6.00. The Morgan fingerprint density at radius 3 is 2.37 bits per heavy atom. The van der Waals surface area contributed by atoms with Gasteiger partial charge in [0.15, 0.2) is 0 Å². The number of hydrogen-bond acceptors (Lipinski definition) is 3. The van der Waals surface area contributed by atoms with Gasteiger partial charge in [-0.3, -0.25) is 4.31 Å². The van der Waals surface area contributed by atoms with Crippen LogP contribution in [0.25, 0.3) is 22.6 Å². The SMILES string of the molecule is CN(c1cccc(-c2ncc(-c3cccc(C(F)(F)F)c3)[nH]2)c1)S(C)(=O)=O. The standard InChI is InChI=1S/C18H16F3N3O2S/c1-24(27(2,25)26)15-8-4-6-13(10-15)17-22-11-16(23-17)12-5-3-7-14(9-12)18(19,20)21/h3-11H,1-2H3,(H,22,23). The lowest BCUT2D eigenvalue weighted by atomic mass is 10.1. The molecule has 0 radical (unpaired) electrons. The second kappa shape index (κ2) is 6.73. The summed E-state index contributed by atoms with van der Waals surface area (Å²) in [6.07, 6.45) is -1.89. The first-order valence-corrected chi connectivity index (χ1v) is 9.67. The van der Waals surface area contributed by atoms with Crippen molar-refractivity contribution in [3.8, 4) is 22.6 Å².